The van der Waals surface area contributed by atoms with Gasteiger partial charge in [-0.25, -0.2) is 0 Å². The molecule has 114 valence electrons. The summed E-state index contributed by atoms with van der Waals surface area (Å²) in [7, 11) is 0. The van der Waals surface area contributed by atoms with E-state index in [1.165, 1.54) is 6.26 Å². The van der Waals surface area contributed by atoms with Crippen molar-refractivity contribution in [3.05, 3.63) is 30.2 Å². The van der Waals surface area contributed by atoms with Crippen LogP contribution in [0.1, 0.15) is 13.8 Å². The Balaban J connectivity index is 2.10. The van der Waals surface area contributed by atoms with Crippen LogP contribution < -0.4 is 14.8 Å². The van der Waals surface area contributed by atoms with Crippen LogP contribution in [0.4, 0.5) is 5.69 Å². The minimum Gasteiger partial charge on any atom is -0.494 e. The van der Waals surface area contributed by atoms with E-state index in [9.17, 15) is 4.79 Å². The molecule has 6 nitrogen and oxygen atoms in total. The highest BCUT2D eigenvalue weighted by molar-refractivity contribution is 6.02. The molecular formula is C15H19NO5. The summed E-state index contributed by atoms with van der Waals surface area (Å²) in [5, 5.41) is 2.73. The maximum atomic E-state index is 12.0. The molecule has 0 atom stereocenters. The number of hydrogen-bond acceptors (Lipinski definition) is 5. The molecule has 1 heterocycles. The zero-order chi connectivity index (χ0) is 15.1. The Morgan fingerprint density at radius 3 is 2.62 bits per heavy atom. The van der Waals surface area contributed by atoms with Gasteiger partial charge < -0.3 is 24.3 Å². The van der Waals surface area contributed by atoms with Crippen LogP contribution in [-0.2, 0) is 14.3 Å². The van der Waals surface area contributed by atoms with Crippen LogP contribution in [0.2, 0.25) is 0 Å². The monoisotopic (exact) mass is 293 g/mol. The van der Waals surface area contributed by atoms with Gasteiger partial charge in [-0.05, 0) is 26.0 Å². The molecular weight excluding hydrogens is 274 g/mol. The minimum atomic E-state index is -0.360. The second-order valence-electron chi connectivity index (χ2n) is 4.18. The lowest BCUT2D eigenvalue weighted by Gasteiger charge is -2.16. The fourth-order valence-corrected chi connectivity index (χ4v) is 1.81. The average Bonchev–Trinajstić information content (AvgIpc) is 2.51. The smallest absolute Gasteiger partial charge is 0.294 e. The van der Waals surface area contributed by atoms with E-state index in [0.717, 1.165) is 0 Å². The summed E-state index contributed by atoms with van der Waals surface area (Å²) in [5.74, 6) is 1.04. The number of carbonyl (C=O) groups excluding carboxylic acids is 1. The van der Waals surface area contributed by atoms with Crippen molar-refractivity contribution >= 4 is 11.6 Å². The summed E-state index contributed by atoms with van der Waals surface area (Å²) in [6.07, 6.45) is 1.32. The molecule has 1 aromatic carbocycles. The molecule has 1 aliphatic heterocycles. The first-order valence-electron chi connectivity index (χ1n) is 6.90. The summed E-state index contributed by atoms with van der Waals surface area (Å²) in [4.78, 5) is 12.0. The van der Waals surface area contributed by atoms with Crippen LogP contribution in [0.15, 0.2) is 30.2 Å². The van der Waals surface area contributed by atoms with Gasteiger partial charge in [0.05, 0.1) is 13.2 Å². The maximum absolute atomic E-state index is 12.0. The second kappa shape index (κ2) is 7.42. The molecule has 0 spiro atoms. The Morgan fingerprint density at radius 1 is 1.19 bits per heavy atom. The highest BCUT2D eigenvalue weighted by Crippen LogP contribution is 2.30. The summed E-state index contributed by atoms with van der Waals surface area (Å²) in [6.45, 7) is 5.67. The molecule has 0 fully saturated rings. The van der Waals surface area contributed by atoms with Crippen LogP contribution in [-0.4, -0.2) is 32.3 Å². The van der Waals surface area contributed by atoms with E-state index in [1.807, 2.05) is 13.8 Å². The van der Waals surface area contributed by atoms with Gasteiger partial charge in [-0.1, -0.05) is 0 Å². The summed E-state index contributed by atoms with van der Waals surface area (Å²) < 4.78 is 21.3. The lowest BCUT2D eigenvalue weighted by Crippen LogP contribution is -2.21. The fourth-order valence-electron chi connectivity index (χ4n) is 1.81. The molecule has 21 heavy (non-hydrogen) atoms. The third kappa shape index (κ3) is 4.05. The zero-order valence-corrected chi connectivity index (χ0v) is 12.2. The topological polar surface area (TPSA) is 66.0 Å². The number of ether oxygens (including phenoxy) is 4. The summed E-state index contributed by atoms with van der Waals surface area (Å²) >= 11 is 0. The lowest BCUT2D eigenvalue weighted by atomic mass is 10.2. The van der Waals surface area contributed by atoms with Crippen LogP contribution in [0, 0.1) is 0 Å². The van der Waals surface area contributed by atoms with Crippen molar-refractivity contribution in [2.24, 2.45) is 0 Å². The Bertz CT molecular complexity index is 527. The molecule has 1 amide bonds. The maximum Gasteiger partial charge on any atom is 0.294 e. The van der Waals surface area contributed by atoms with Gasteiger partial charge in [-0.2, -0.15) is 0 Å². The number of carbonyl (C=O) groups is 1. The molecule has 0 aromatic heterocycles. The van der Waals surface area contributed by atoms with E-state index in [2.05, 4.69) is 5.32 Å². The van der Waals surface area contributed by atoms with Gasteiger partial charge in [0.1, 0.15) is 19.5 Å². The molecule has 1 N–H and O–H groups in total. The molecule has 1 aromatic rings. The van der Waals surface area contributed by atoms with Crippen molar-refractivity contribution in [2.45, 2.75) is 13.8 Å². The summed E-state index contributed by atoms with van der Waals surface area (Å²) in [5.41, 5.74) is 0.599. The van der Waals surface area contributed by atoms with Crippen molar-refractivity contribution in [1.82, 2.24) is 0 Å². The van der Waals surface area contributed by atoms with Gasteiger partial charge in [-0.3, -0.25) is 4.79 Å². The van der Waals surface area contributed by atoms with E-state index < -0.39 is 0 Å². The number of rotatable bonds is 6. The van der Waals surface area contributed by atoms with Gasteiger partial charge in [0.25, 0.3) is 5.91 Å². The predicted octanol–water partition coefficient (Wildman–Crippen LogP) is 2.31. The molecule has 0 saturated carbocycles. The van der Waals surface area contributed by atoms with E-state index in [1.54, 1.807) is 18.2 Å². The number of nitrogens with one attached hydrogen (secondary N) is 1. The quantitative estimate of drug-likeness (QED) is 0.872. The Morgan fingerprint density at radius 2 is 1.95 bits per heavy atom. The van der Waals surface area contributed by atoms with E-state index >= 15 is 0 Å². The van der Waals surface area contributed by atoms with Crippen molar-refractivity contribution in [1.29, 1.82) is 0 Å². The SMILES string of the molecule is CCOc1ccc(NC(=O)C2=COCCO2)cc1OCC. The van der Waals surface area contributed by atoms with Crippen LogP contribution in [0.5, 0.6) is 11.5 Å². The molecule has 0 radical (unpaired) electrons. The van der Waals surface area contributed by atoms with E-state index in [4.69, 9.17) is 18.9 Å². The van der Waals surface area contributed by atoms with Gasteiger partial charge >= 0.3 is 0 Å². The Labute approximate surface area is 123 Å². The van der Waals surface area contributed by atoms with Crippen LogP contribution in [0.25, 0.3) is 0 Å². The van der Waals surface area contributed by atoms with Gasteiger partial charge in [0.2, 0.25) is 5.76 Å². The van der Waals surface area contributed by atoms with Crippen molar-refractivity contribution in [3.63, 3.8) is 0 Å². The number of benzene rings is 1. The molecule has 0 saturated heterocycles. The van der Waals surface area contributed by atoms with E-state index in [0.29, 0.717) is 43.6 Å². The molecule has 0 unspecified atom stereocenters. The van der Waals surface area contributed by atoms with Crippen LogP contribution in [0.3, 0.4) is 0 Å². The molecule has 1 aliphatic rings. The fraction of sp³-hybridized carbons (Fsp3) is 0.400. The van der Waals surface area contributed by atoms with Gasteiger partial charge in [0.15, 0.2) is 11.5 Å². The molecule has 2 rings (SSSR count). The average molecular weight is 293 g/mol. The van der Waals surface area contributed by atoms with E-state index in [-0.39, 0.29) is 11.7 Å². The summed E-state index contributed by atoms with van der Waals surface area (Å²) in [6, 6.07) is 5.23. The Kier molecular flexibility index (Phi) is 5.31. The second-order valence-corrected chi connectivity index (χ2v) is 4.18. The Hall–Kier alpha value is -2.37. The number of anilines is 1. The largest absolute Gasteiger partial charge is 0.494 e. The highest BCUT2D eigenvalue weighted by atomic mass is 16.6. The minimum absolute atomic E-state index is 0.160. The zero-order valence-electron chi connectivity index (χ0n) is 12.2. The molecule has 6 heteroatoms. The first-order chi connectivity index (χ1) is 10.2. The third-order valence-corrected chi connectivity index (χ3v) is 2.67. The standard InChI is InChI=1S/C15H19NO5/c1-3-19-12-6-5-11(9-13(12)20-4-2)16-15(17)14-10-18-7-8-21-14/h5-6,9-10H,3-4,7-8H2,1-2H3,(H,16,17). The van der Waals surface area contributed by atoms with Crippen molar-refractivity contribution in [2.75, 3.05) is 31.7 Å². The lowest BCUT2D eigenvalue weighted by molar-refractivity contribution is -0.117. The normalized spacial score (nSPS) is 13.5. The predicted molar refractivity (Wildman–Crippen MR) is 77.4 cm³/mol. The van der Waals surface area contributed by atoms with Gasteiger partial charge in [-0.15, -0.1) is 0 Å². The first-order valence-corrected chi connectivity index (χ1v) is 6.90. The highest BCUT2D eigenvalue weighted by Gasteiger charge is 2.16. The number of amides is 1. The molecule has 0 aliphatic carbocycles. The molecule has 0 bridgehead atoms. The van der Waals surface area contributed by atoms with Gasteiger partial charge in [0, 0.05) is 11.8 Å². The third-order valence-electron chi connectivity index (χ3n) is 2.67. The van der Waals surface area contributed by atoms with Crippen LogP contribution >= 0.6 is 0 Å². The first kappa shape index (κ1) is 15.0. The number of hydrogen-bond donors (Lipinski definition) is 1. The van der Waals surface area contributed by atoms with Crippen molar-refractivity contribution < 1.29 is 23.7 Å². The van der Waals surface area contributed by atoms with Crippen molar-refractivity contribution in [3.8, 4) is 11.5 Å².